The lowest BCUT2D eigenvalue weighted by atomic mass is 9.89. The van der Waals surface area contributed by atoms with Gasteiger partial charge in [0.05, 0.1) is 12.6 Å². The molecule has 5 nitrogen and oxygen atoms in total. The summed E-state index contributed by atoms with van der Waals surface area (Å²) in [6.07, 6.45) is 0.672. The first kappa shape index (κ1) is 20.4. The van der Waals surface area contributed by atoms with E-state index in [1.165, 1.54) is 4.90 Å². The van der Waals surface area contributed by atoms with Gasteiger partial charge in [-0.1, -0.05) is 50.6 Å². The molecule has 144 valence electrons. The molecule has 0 bridgehead atoms. The monoisotopic (exact) mass is 361 g/mol. The highest BCUT2D eigenvalue weighted by atomic mass is 16.6. The lowest BCUT2D eigenvalue weighted by Gasteiger charge is -2.45. The van der Waals surface area contributed by atoms with Gasteiger partial charge in [0.2, 0.25) is 0 Å². The summed E-state index contributed by atoms with van der Waals surface area (Å²) in [5.41, 5.74) is -0.747. The van der Waals surface area contributed by atoms with Gasteiger partial charge in [-0.05, 0) is 39.2 Å². The van der Waals surface area contributed by atoms with Crippen LogP contribution >= 0.6 is 0 Å². The maximum Gasteiger partial charge on any atom is 0.417 e. The number of morpholine rings is 1. The molecule has 0 saturated carbocycles. The quantitative estimate of drug-likeness (QED) is 0.807. The third-order valence-corrected chi connectivity index (χ3v) is 4.85. The summed E-state index contributed by atoms with van der Waals surface area (Å²) < 4.78 is 11.6. The summed E-state index contributed by atoms with van der Waals surface area (Å²) in [5, 5.41) is 0. The van der Waals surface area contributed by atoms with Gasteiger partial charge in [-0.2, -0.15) is 0 Å². The predicted octanol–water partition coefficient (Wildman–Crippen LogP) is 4.20. The van der Waals surface area contributed by atoms with Gasteiger partial charge in [0.1, 0.15) is 11.2 Å². The zero-order valence-corrected chi connectivity index (χ0v) is 16.7. The number of hydrogen-bond donors (Lipinski definition) is 0. The van der Waals surface area contributed by atoms with E-state index in [0.29, 0.717) is 13.0 Å². The van der Waals surface area contributed by atoms with Crippen molar-refractivity contribution < 1.29 is 19.1 Å². The Morgan fingerprint density at radius 1 is 1.35 bits per heavy atom. The maximum atomic E-state index is 13.3. The van der Waals surface area contributed by atoms with E-state index in [2.05, 4.69) is 0 Å². The van der Waals surface area contributed by atoms with Crippen LogP contribution in [0, 0.1) is 5.92 Å². The third-order valence-electron chi connectivity index (χ3n) is 4.85. The summed E-state index contributed by atoms with van der Waals surface area (Å²) >= 11 is 0. The molecule has 0 aliphatic carbocycles. The number of imide groups is 1. The minimum absolute atomic E-state index is 0.132. The molecule has 2 amide bonds. The van der Waals surface area contributed by atoms with Crippen molar-refractivity contribution in [2.75, 3.05) is 6.61 Å². The van der Waals surface area contributed by atoms with Gasteiger partial charge < -0.3 is 9.47 Å². The first-order valence-corrected chi connectivity index (χ1v) is 9.32. The highest BCUT2D eigenvalue weighted by Crippen LogP contribution is 2.31. The second kappa shape index (κ2) is 7.78. The van der Waals surface area contributed by atoms with Crippen LogP contribution in [0.4, 0.5) is 4.79 Å². The second-order valence-corrected chi connectivity index (χ2v) is 8.31. The molecule has 5 heteroatoms. The van der Waals surface area contributed by atoms with Crippen LogP contribution in [0.25, 0.3) is 0 Å². The number of carbonyl (C=O) groups is 2. The van der Waals surface area contributed by atoms with E-state index >= 15 is 0 Å². The van der Waals surface area contributed by atoms with E-state index in [9.17, 15) is 9.59 Å². The zero-order chi connectivity index (χ0) is 19.5. The molecule has 3 unspecified atom stereocenters. The van der Waals surface area contributed by atoms with E-state index in [0.717, 1.165) is 12.0 Å². The molecule has 1 aliphatic rings. The van der Waals surface area contributed by atoms with E-state index in [-0.39, 0.29) is 17.9 Å². The predicted molar refractivity (Wildman–Crippen MR) is 101 cm³/mol. The van der Waals surface area contributed by atoms with Crippen LogP contribution < -0.4 is 0 Å². The van der Waals surface area contributed by atoms with Gasteiger partial charge in [-0.25, -0.2) is 9.69 Å². The van der Waals surface area contributed by atoms with Crippen molar-refractivity contribution in [2.24, 2.45) is 5.92 Å². The summed E-state index contributed by atoms with van der Waals surface area (Å²) in [6, 6.07) is 9.40. The van der Waals surface area contributed by atoms with E-state index in [4.69, 9.17) is 9.47 Å². The van der Waals surface area contributed by atoms with Gasteiger partial charge in [0.25, 0.3) is 5.91 Å². The summed E-state index contributed by atoms with van der Waals surface area (Å²) in [6.45, 7) is 11.6. The largest absolute Gasteiger partial charge is 0.443 e. The van der Waals surface area contributed by atoms with Crippen LogP contribution in [0.5, 0.6) is 0 Å². The lowest BCUT2D eigenvalue weighted by molar-refractivity contribution is -0.177. The van der Waals surface area contributed by atoms with Crippen LogP contribution in [-0.4, -0.2) is 40.8 Å². The summed E-state index contributed by atoms with van der Waals surface area (Å²) in [4.78, 5) is 27.4. The maximum absolute atomic E-state index is 13.3. The molecule has 0 spiro atoms. The fourth-order valence-electron chi connectivity index (χ4n) is 3.14. The molecule has 0 aromatic heterocycles. The van der Waals surface area contributed by atoms with Crippen molar-refractivity contribution in [2.45, 2.75) is 71.6 Å². The van der Waals surface area contributed by atoms with Crippen LogP contribution in [0.2, 0.25) is 0 Å². The third kappa shape index (κ3) is 4.64. The normalized spacial score (nSPS) is 25.1. The number of carbonyl (C=O) groups excluding carboxylic acids is 2. The van der Waals surface area contributed by atoms with Crippen LogP contribution in [0.1, 0.15) is 53.5 Å². The van der Waals surface area contributed by atoms with Crippen LogP contribution in [0.15, 0.2) is 30.3 Å². The molecule has 1 aliphatic heterocycles. The van der Waals surface area contributed by atoms with Crippen molar-refractivity contribution in [3.8, 4) is 0 Å². The average molecular weight is 361 g/mol. The number of ether oxygens (including phenoxy) is 2. The molecule has 1 saturated heterocycles. The number of rotatable bonds is 4. The first-order valence-electron chi connectivity index (χ1n) is 9.32. The van der Waals surface area contributed by atoms with Crippen LogP contribution in [-0.2, 0) is 20.7 Å². The molecule has 26 heavy (non-hydrogen) atoms. The smallest absolute Gasteiger partial charge is 0.417 e. The van der Waals surface area contributed by atoms with Crippen molar-refractivity contribution in [1.82, 2.24) is 4.90 Å². The lowest BCUT2D eigenvalue weighted by Crippen LogP contribution is -2.64. The number of hydrogen-bond acceptors (Lipinski definition) is 4. The summed E-state index contributed by atoms with van der Waals surface area (Å²) in [5.74, 6) is -0.195. The van der Waals surface area contributed by atoms with Gasteiger partial charge in [-0.3, -0.25) is 4.79 Å². The van der Waals surface area contributed by atoms with Gasteiger partial charge in [0, 0.05) is 6.42 Å². The number of amides is 2. The van der Waals surface area contributed by atoms with Crippen LogP contribution in [0.3, 0.4) is 0 Å². The Labute approximate surface area is 156 Å². The van der Waals surface area contributed by atoms with E-state index < -0.39 is 17.3 Å². The Morgan fingerprint density at radius 2 is 1.96 bits per heavy atom. The summed E-state index contributed by atoms with van der Waals surface area (Å²) in [7, 11) is 0. The van der Waals surface area contributed by atoms with E-state index in [1.807, 2.05) is 44.2 Å². The zero-order valence-electron chi connectivity index (χ0n) is 16.7. The molecule has 1 aromatic rings. The Kier molecular flexibility index (Phi) is 6.12. The number of nitrogens with zero attached hydrogens (tertiary/aromatic N) is 1. The SMILES string of the molecule is CCC(C)C1COC(C)(Cc2ccccc2)C(=O)N1C(=O)OC(C)(C)C. The standard InChI is InChI=1S/C21H31NO4/c1-7-15(2)17-14-25-21(6,13-16-11-9-8-10-12-16)18(23)22(17)19(24)26-20(3,4)5/h8-12,15,17H,7,13-14H2,1-6H3. The molecule has 1 fully saturated rings. The molecule has 1 heterocycles. The number of benzene rings is 1. The Hall–Kier alpha value is -1.88. The highest BCUT2D eigenvalue weighted by Gasteiger charge is 2.50. The Morgan fingerprint density at radius 3 is 2.50 bits per heavy atom. The highest BCUT2D eigenvalue weighted by molar-refractivity contribution is 5.98. The molecule has 3 atom stereocenters. The average Bonchev–Trinajstić information content (AvgIpc) is 2.55. The van der Waals surface area contributed by atoms with Crippen molar-refractivity contribution in [3.05, 3.63) is 35.9 Å². The Bertz CT molecular complexity index is 637. The van der Waals surface area contributed by atoms with Gasteiger partial charge >= 0.3 is 6.09 Å². The van der Waals surface area contributed by atoms with Gasteiger partial charge in [0.15, 0.2) is 0 Å². The van der Waals surface area contributed by atoms with Crippen molar-refractivity contribution in [1.29, 1.82) is 0 Å². The fraction of sp³-hybridized carbons (Fsp3) is 0.619. The first-order chi connectivity index (χ1) is 12.1. The molecular weight excluding hydrogens is 330 g/mol. The second-order valence-electron chi connectivity index (χ2n) is 8.31. The topological polar surface area (TPSA) is 55.8 Å². The molecule has 0 radical (unpaired) electrons. The molecule has 2 rings (SSSR count). The van der Waals surface area contributed by atoms with E-state index in [1.54, 1.807) is 27.7 Å². The minimum Gasteiger partial charge on any atom is -0.443 e. The molecule has 0 N–H and O–H groups in total. The van der Waals surface area contributed by atoms with Crippen molar-refractivity contribution >= 4 is 12.0 Å². The van der Waals surface area contributed by atoms with Crippen molar-refractivity contribution in [3.63, 3.8) is 0 Å². The molecule has 1 aromatic carbocycles. The van der Waals surface area contributed by atoms with Gasteiger partial charge in [-0.15, -0.1) is 0 Å². The molecular formula is C21H31NO4. The fourth-order valence-corrected chi connectivity index (χ4v) is 3.14. The Balaban J connectivity index is 2.31. The minimum atomic E-state index is -1.08.